The number of carbonyl (C=O) groups is 1. The van der Waals surface area contributed by atoms with Crippen LogP contribution in [0.4, 0.5) is 0 Å². The molecule has 5 heteroatoms. The number of pyridine rings is 1. The third-order valence-electron chi connectivity index (χ3n) is 5.54. The smallest absolute Gasteiger partial charge is 0.255 e. The zero-order valence-corrected chi connectivity index (χ0v) is 16.6. The normalized spacial score (nSPS) is 14.0. The van der Waals surface area contributed by atoms with Crippen LogP contribution in [0.3, 0.4) is 0 Å². The van der Waals surface area contributed by atoms with Crippen LogP contribution in [-0.2, 0) is 6.54 Å². The van der Waals surface area contributed by atoms with Gasteiger partial charge in [-0.15, -0.1) is 0 Å². The topological polar surface area (TPSA) is 51.0 Å². The van der Waals surface area contributed by atoms with Crippen LogP contribution in [0.5, 0.6) is 0 Å². The van der Waals surface area contributed by atoms with Crippen LogP contribution in [0.2, 0.25) is 0 Å². The van der Waals surface area contributed by atoms with E-state index >= 15 is 0 Å². The molecule has 0 spiro atoms. The number of hydrogen-bond donors (Lipinski definition) is 0. The first-order chi connectivity index (χ1) is 14.8. The standard InChI is InChI=1S/C25H22N4O/c30-25(28-13-11-21(12-14-28)20-9-5-2-6-10-20)23-15-22-17-27-29(24(22)26-16-23)18-19-7-3-1-4-8-19/h1-11,15-17H,12-14,18H2. The molecule has 2 aromatic carbocycles. The van der Waals surface area contributed by atoms with Crippen molar-refractivity contribution in [3.8, 4) is 0 Å². The highest BCUT2D eigenvalue weighted by atomic mass is 16.2. The van der Waals surface area contributed by atoms with Gasteiger partial charge in [-0.2, -0.15) is 5.10 Å². The minimum atomic E-state index is 0.0172. The fraction of sp³-hybridized carbons (Fsp3) is 0.160. The number of carbonyl (C=O) groups excluding carboxylic acids is 1. The van der Waals surface area contributed by atoms with Crippen molar-refractivity contribution in [3.63, 3.8) is 0 Å². The third kappa shape index (κ3) is 3.62. The molecule has 1 amide bonds. The van der Waals surface area contributed by atoms with Crippen molar-refractivity contribution in [2.75, 3.05) is 13.1 Å². The molecular formula is C25H22N4O. The Hall–Kier alpha value is -3.73. The summed E-state index contributed by atoms with van der Waals surface area (Å²) in [6.07, 6.45) is 6.47. The lowest BCUT2D eigenvalue weighted by molar-refractivity contribution is 0.0772. The first-order valence-electron chi connectivity index (χ1n) is 10.2. The zero-order chi connectivity index (χ0) is 20.3. The second-order valence-electron chi connectivity index (χ2n) is 7.52. The van der Waals surface area contributed by atoms with Gasteiger partial charge in [0.05, 0.1) is 18.3 Å². The molecule has 0 bridgehead atoms. The van der Waals surface area contributed by atoms with Crippen molar-refractivity contribution >= 4 is 22.5 Å². The molecule has 0 saturated carbocycles. The Kier molecular flexibility index (Phi) is 4.85. The Balaban J connectivity index is 1.33. The average Bonchev–Trinajstić information content (AvgIpc) is 3.22. The number of hydrogen-bond acceptors (Lipinski definition) is 3. The number of rotatable bonds is 4. The fourth-order valence-corrected chi connectivity index (χ4v) is 3.91. The van der Waals surface area contributed by atoms with Gasteiger partial charge >= 0.3 is 0 Å². The number of amides is 1. The van der Waals surface area contributed by atoms with E-state index in [1.807, 2.05) is 52.0 Å². The van der Waals surface area contributed by atoms with E-state index in [0.717, 1.165) is 17.5 Å². The van der Waals surface area contributed by atoms with Gasteiger partial charge in [-0.05, 0) is 29.2 Å². The Morgan fingerprint density at radius 3 is 2.47 bits per heavy atom. The maximum absolute atomic E-state index is 13.0. The molecule has 0 aliphatic carbocycles. The minimum absolute atomic E-state index is 0.0172. The van der Waals surface area contributed by atoms with E-state index in [2.05, 4.69) is 40.4 Å². The number of benzene rings is 2. The van der Waals surface area contributed by atoms with Crippen LogP contribution < -0.4 is 0 Å². The molecule has 1 aliphatic rings. The number of fused-ring (bicyclic) bond motifs is 1. The molecular weight excluding hydrogens is 372 g/mol. The summed E-state index contributed by atoms with van der Waals surface area (Å²) in [5.74, 6) is 0.0172. The lowest BCUT2D eigenvalue weighted by Crippen LogP contribution is -2.34. The van der Waals surface area contributed by atoms with Crippen molar-refractivity contribution in [2.24, 2.45) is 0 Å². The van der Waals surface area contributed by atoms with Gasteiger partial charge in [0, 0.05) is 24.7 Å². The van der Waals surface area contributed by atoms with Crippen molar-refractivity contribution < 1.29 is 4.79 Å². The highest BCUT2D eigenvalue weighted by molar-refractivity contribution is 5.97. The van der Waals surface area contributed by atoms with E-state index < -0.39 is 0 Å². The second-order valence-corrected chi connectivity index (χ2v) is 7.52. The summed E-state index contributed by atoms with van der Waals surface area (Å²) >= 11 is 0. The van der Waals surface area contributed by atoms with E-state index in [-0.39, 0.29) is 5.91 Å². The first kappa shape index (κ1) is 18.3. The van der Waals surface area contributed by atoms with Gasteiger partial charge in [0.1, 0.15) is 0 Å². The van der Waals surface area contributed by atoms with E-state index in [9.17, 15) is 4.79 Å². The second kappa shape index (κ2) is 7.95. The van der Waals surface area contributed by atoms with E-state index in [1.165, 1.54) is 16.7 Å². The number of nitrogens with zero attached hydrogens (tertiary/aromatic N) is 4. The van der Waals surface area contributed by atoms with Crippen molar-refractivity contribution in [3.05, 3.63) is 102 Å². The highest BCUT2D eigenvalue weighted by Gasteiger charge is 2.20. The van der Waals surface area contributed by atoms with Crippen molar-refractivity contribution in [1.82, 2.24) is 19.7 Å². The van der Waals surface area contributed by atoms with Gasteiger partial charge < -0.3 is 4.90 Å². The van der Waals surface area contributed by atoms with Crippen LogP contribution in [-0.4, -0.2) is 38.7 Å². The predicted octanol–water partition coefficient (Wildman–Crippen LogP) is 4.41. The first-order valence-corrected chi connectivity index (χ1v) is 10.2. The van der Waals surface area contributed by atoms with Gasteiger partial charge in [-0.1, -0.05) is 66.7 Å². The van der Waals surface area contributed by atoms with E-state index in [4.69, 9.17) is 0 Å². The summed E-state index contributed by atoms with van der Waals surface area (Å²) in [4.78, 5) is 19.4. The lowest BCUT2D eigenvalue weighted by Gasteiger charge is -2.26. The molecule has 3 heterocycles. The Morgan fingerprint density at radius 1 is 0.967 bits per heavy atom. The summed E-state index contributed by atoms with van der Waals surface area (Å²) in [6, 6.07) is 22.4. The van der Waals surface area contributed by atoms with Gasteiger partial charge in [0.15, 0.2) is 5.65 Å². The molecule has 0 radical (unpaired) electrons. The lowest BCUT2D eigenvalue weighted by atomic mass is 9.99. The molecule has 1 aliphatic heterocycles. The van der Waals surface area contributed by atoms with Gasteiger partial charge in [-0.25, -0.2) is 9.67 Å². The quantitative estimate of drug-likeness (QED) is 0.515. The maximum Gasteiger partial charge on any atom is 0.255 e. The van der Waals surface area contributed by atoms with Gasteiger partial charge in [-0.3, -0.25) is 4.79 Å². The molecule has 30 heavy (non-hydrogen) atoms. The molecule has 0 N–H and O–H groups in total. The van der Waals surface area contributed by atoms with Crippen molar-refractivity contribution in [2.45, 2.75) is 13.0 Å². The Morgan fingerprint density at radius 2 is 1.73 bits per heavy atom. The highest BCUT2D eigenvalue weighted by Crippen LogP contribution is 2.23. The molecule has 5 rings (SSSR count). The molecule has 5 nitrogen and oxygen atoms in total. The third-order valence-corrected chi connectivity index (χ3v) is 5.54. The number of aromatic nitrogens is 3. The largest absolute Gasteiger partial charge is 0.335 e. The predicted molar refractivity (Wildman–Crippen MR) is 118 cm³/mol. The molecule has 148 valence electrons. The fourth-order valence-electron chi connectivity index (χ4n) is 3.91. The van der Waals surface area contributed by atoms with Gasteiger partial charge in [0.25, 0.3) is 5.91 Å². The summed E-state index contributed by atoms with van der Waals surface area (Å²) in [5, 5.41) is 5.35. The Labute approximate surface area is 175 Å². The van der Waals surface area contributed by atoms with Crippen molar-refractivity contribution in [1.29, 1.82) is 0 Å². The molecule has 2 aromatic heterocycles. The zero-order valence-electron chi connectivity index (χ0n) is 16.6. The molecule has 0 unspecified atom stereocenters. The molecule has 0 saturated heterocycles. The van der Waals surface area contributed by atoms with Crippen LogP contribution >= 0.6 is 0 Å². The summed E-state index contributed by atoms with van der Waals surface area (Å²) < 4.78 is 1.87. The van der Waals surface area contributed by atoms with Crippen LogP contribution in [0.25, 0.3) is 16.6 Å². The molecule has 0 atom stereocenters. The van der Waals surface area contributed by atoms with Crippen LogP contribution in [0, 0.1) is 0 Å². The molecule has 0 fully saturated rings. The monoisotopic (exact) mass is 394 g/mol. The maximum atomic E-state index is 13.0. The summed E-state index contributed by atoms with van der Waals surface area (Å²) in [5.41, 5.74) is 5.10. The minimum Gasteiger partial charge on any atom is -0.335 e. The van der Waals surface area contributed by atoms with E-state index in [0.29, 0.717) is 25.2 Å². The van der Waals surface area contributed by atoms with Crippen LogP contribution in [0.15, 0.2) is 85.2 Å². The van der Waals surface area contributed by atoms with E-state index in [1.54, 1.807) is 12.4 Å². The SMILES string of the molecule is O=C(c1cnc2c(cnn2Cc2ccccc2)c1)N1CC=C(c2ccccc2)CC1. The molecule has 4 aromatic rings. The van der Waals surface area contributed by atoms with Crippen LogP contribution in [0.1, 0.15) is 27.9 Å². The Bertz CT molecular complexity index is 1210. The average molecular weight is 394 g/mol. The van der Waals surface area contributed by atoms with Gasteiger partial charge in [0.2, 0.25) is 0 Å². The summed E-state index contributed by atoms with van der Waals surface area (Å²) in [6.45, 7) is 1.99. The summed E-state index contributed by atoms with van der Waals surface area (Å²) in [7, 11) is 0.